The third-order valence-corrected chi connectivity index (χ3v) is 6.15. The highest BCUT2D eigenvalue weighted by Crippen LogP contribution is 2.36. The molecule has 1 aliphatic heterocycles. The largest absolute Gasteiger partial charge is 0.330 e. The van der Waals surface area contributed by atoms with Crippen LogP contribution in [-0.2, 0) is 16.3 Å². The van der Waals surface area contributed by atoms with Crippen molar-refractivity contribution < 1.29 is 8.42 Å². The summed E-state index contributed by atoms with van der Waals surface area (Å²) in [6, 6.07) is 0. The van der Waals surface area contributed by atoms with Crippen molar-refractivity contribution in [3.63, 3.8) is 0 Å². The molecule has 2 N–H and O–H groups in total. The molecule has 0 amide bonds. The van der Waals surface area contributed by atoms with Crippen LogP contribution < -0.4 is 5.73 Å². The molecule has 4 nitrogen and oxygen atoms in total. The van der Waals surface area contributed by atoms with Gasteiger partial charge in [0.2, 0.25) is 0 Å². The number of nitrogens with two attached hydrogens (primary N) is 1. The van der Waals surface area contributed by atoms with E-state index in [1.807, 2.05) is 5.38 Å². The number of hydrogen-bond donors (Lipinski definition) is 1. The van der Waals surface area contributed by atoms with E-state index >= 15 is 0 Å². The monoisotopic (exact) mass is 260 g/mol. The van der Waals surface area contributed by atoms with Gasteiger partial charge >= 0.3 is 0 Å². The Morgan fingerprint density at radius 3 is 3.00 bits per heavy atom. The summed E-state index contributed by atoms with van der Waals surface area (Å²) in [6.45, 7) is 0.647. The highest BCUT2D eigenvalue weighted by Gasteiger charge is 2.34. The number of sulfone groups is 1. The van der Waals surface area contributed by atoms with Crippen LogP contribution in [0.5, 0.6) is 0 Å². The number of thiazole rings is 1. The van der Waals surface area contributed by atoms with Crippen LogP contribution in [0.4, 0.5) is 0 Å². The number of aryl methyl sites for hydroxylation is 1. The summed E-state index contributed by atoms with van der Waals surface area (Å²) in [7, 11) is -2.92. The van der Waals surface area contributed by atoms with Gasteiger partial charge in [-0.3, -0.25) is 0 Å². The van der Waals surface area contributed by atoms with Gasteiger partial charge in [-0.2, -0.15) is 0 Å². The molecule has 1 atom stereocenters. The Morgan fingerprint density at radius 2 is 2.38 bits per heavy atom. The lowest BCUT2D eigenvalue weighted by atomic mass is 10.2. The fourth-order valence-electron chi connectivity index (χ4n) is 1.94. The maximum atomic E-state index is 11.7. The van der Waals surface area contributed by atoms with Crippen LogP contribution in [0.25, 0.3) is 0 Å². The van der Waals surface area contributed by atoms with Gasteiger partial charge in [-0.25, -0.2) is 13.4 Å². The Balaban J connectivity index is 2.13. The van der Waals surface area contributed by atoms with Crippen molar-refractivity contribution >= 4 is 21.2 Å². The maximum absolute atomic E-state index is 11.7. The van der Waals surface area contributed by atoms with Crippen LogP contribution >= 0.6 is 11.3 Å². The van der Waals surface area contributed by atoms with Gasteiger partial charge in [0.15, 0.2) is 9.84 Å². The standard InChI is InChI=1S/C10H16N2O2S2/c11-5-1-3-8-7-15-10(12-8)9-4-2-6-16(9,13)14/h7,9H,1-6,11H2. The molecule has 1 aliphatic rings. The molecule has 0 aliphatic carbocycles. The topological polar surface area (TPSA) is 73.1 Å². The zero-order valence-corrected chi connectivity index (χ0v) is 10.7. The van der Waals surface area contributed by atoms with Crippen molar-refractivity contribution in [1.82, 2.24) is 4.98 Å². The van der Waals surface area contributed by atoms with Crippen LogP contribution in [0.2, 0.25) is 0 Å². The molecule has 1 fully saturated rings. The maximum Gasteiger partial charge on any atom is 0.159 e. The average Bonchev–Trinajstić information content (AvgIpc) is 2.81. The van der Waals surface area contributed by atoms with Crippen LogP contribution in [0.15, 0.2) is 5.38 Å². The summed E-state index contributed by atoms with van der Waals surface area (Å²) in [6.07, 6.45) is 3.25. The summed E-state index contributed by atoms with van der Waals surface area (Å²) < 4.78 is 23.5. The summed E-state index contributed by atoms with van der Waals surface area (Å²) in [4.78, 5) is 4.41. The second-order valence-electron chi connectivity index (χ2n) is 4.07. The van der Waals surface area contributed by atoms with E-state index in [1.54, 1.807) is 0 Å². The summed E-state index contributed by atoms with van der Waals surface area (Å²) in [5.74, 6) is 0.315. The molecule has 1 aromatic heterocycles. The third kappa shape index (κ3) is 2.44. The van der Waals surface area contributed by atoms with E-state index in [0.717, 1.165) is 36.4 Å². The Labute approximate surface area is 99.8 Å². The lowest BCUT2D eigenvalue weighted by Gasteiger charge is -2.04. The zero-order valence-electron chi connectivity index (χ0n) is 9.05. The highest BCUT2D eigenvalue weighted by atomic mass is 32.2. The molecule has 0 saturated carbocycles. The molecule has 0 bridgehead atoms. The van der Waals surface area contributed by atoms with E-state index in [1.165, 1.54) is 11.3 Å². The lowest BCUT2D eigenvalue weighted by molar-refractivity contribution is 0.591. The van der Waals surface area contributed by atoms with Gasteiger partial charge < -0.3 is 5.73 Å². The lowest BCUT2D eigenvalue weighted by Crippen LogP contribution is -2.08. The Kier molecular flexibility index (Phi) is 3.61. The Bertz CT molecular complexity index is 453. The van der Waals surface area contributed by atoms with Gasteiger partial charge in [0.1, 0.15) is 10.3 Å². The van der Waals surface area contributed by atoms with Crippen molar-refractivity contribution in [2.45, 2.75) is 30.9 Å². The molecule has 0 aromatic carbocycles. The minimum atomic E-state index is -2.92. The van der Waals surface area contributed by atoms with E-state index in [2.05, 4.69) is 4.98 Å². The van der Waals surface area contributed by atoms with Gasteiger partial charge in [0, 0.05) is 5.38 Å². The first-order valence-electron chi connectivity index (χ1n) is 5.49. The van der Waals surface area contributed by atoms with Gasteiger partial charge in [-0.1, -0.05) is 0 Å². The predicted molar refractivity (Wildman–Crippen MR) is 65.3 cm³/mol. The highest BCUT2D eigenvalue weighted by molar-refractivity contribution is 7.92. The fraction of sp³-hybridized carbons (Fsp3) is 0.700. The molecular formula is C10H16N2O2S2. The predicted octanol–water partition coefficient (Wildman–Crippen LogP) is 1.28. The molecule has 90 valence electrons. The van der Waals surface area contributed by atoms with E-state index < -0.39 is 9.84 Å². The van der Waals surface area contributed by atoms with E-state index in [9.17, 15) is 8.42 Å². The fourth-order valence-corrected chi connectivity index (χ4v) is 5.15. The quantitative estimate of drug-likeness (QED) is 0.885. The smallest absolute Gasteiger partial charge is 0.159 e. The number of rotatable bonds is 4. The Hall–Kier alpha value is -0.460. The minimum Gasteiger partial charge on any atom is -0.330 e. The van der Waals surface area contributed by atoms with Crippen molar-refractivity contribution in [1.29, 1.82) is 0 Å². The van der Waals surface area contributed by atoms with E-state index in [-0.39, 0.29) is 5.25 Å². The zero-order chi connectivity index (χ0) is 11.6. The first kappa shape index (κ1) is 12.0. The van der Waals surface area contributed by atoms with Gasteiger partial charge in [0.05, 0.1) is 11.4 Å². The molecule has 1 unspecified atom stereocenters. The second kappa shape index (κ2) is 4.81. The Morgan fingerprint density at radius 1 is 1.56 bits per heavy atom. The molecular weight excluding hydrogens is 244 g/mol. The van der Waals surface area contributed by atoms with Crippen molar-refractivity contribution in [3.8, 4) is 0 Å². The van der Waals surface area contributed by atoms with Crippen LogP contribution in [0.1, 0.15) is 35.2 Å². The summed E-state index contributed by atoms with van der Waals surface area (Å²) >= 11 is 1.47. The van der Waals surface area contributed by atoms with E-state index in [0.29, 0.717) is 12.3 Å². The van der Waals surface area contributed by atoms with Gasteiger partial charge in [-0.05, 0) is 32.2 Å². The third-order valence-electron chi connectivity index (χ3n) is 2.81. The van der Waals surface area contributed by atoms with Crippen LogP contribution in [0.3, 0.4) is 0 Å². The molecule has 2 rings (SSSR count). The van der Waals surface area contributed by atoms with Gasteiger partial charge in [-0.15, -0.1) is 11.3 Å². The molecule has 1 saturated heterocycles. The number of aromatic nitrogens is 1. The van der Waals surface area contributed by atoms with Crippen LogP contribution in [0, 0.1) is 0 Å². The normalized spacial score (nSPS) is 23.7. The molecule has 1 aromatic rings. The molecule has 0 radical (unpaired) electrons. The number of nitrogens with zero attached hydrogens (tertiary/aromatic N) is 1. The molecule has 2 heterocycles. The summed E-state index contributed by atoms with van der Waals surface area (Å²) in [5.41, 5.74) is 6.41. The number of hydrogen-bond acceptors (Lipinski definition) is 5. The van der Waals surface area contributed by atoms with Crippen molar-refractivity contribution in [2.75, 3.05) is 12.3 Å². The molecule has 6 heteroatoms. The summed E-state index contributed by atoms with van der Waals surface area (Å²) in [5, 5.41) is 2.38. The second-order valence-corrected chi connectivity index (χ2v) is 7.26. The molecule has 0 spiro atoms. The first-order valence-corrected chi connectivity index (χ1v) is 8.09. The van der Waals surface area contributed by atoms with E-state index in [4.69, 9.17) is 5.73 Å². The first-order chi connectivity index (χ1) is 7.63. The van der Waals surface area contributed by atoms with Crippen molar-refractivity contribution in [3.05, 3.63) is 16.1 Å². The molecule has 16 heavy (non-hydrogen) atoms. The van der Waals surface area contributed by atoms with Gasteiger partial charge in [0.25, 0.3) is 0 Å². The van der Waals surface area contributed by atoms with Crippen LogP contribution in [-0.4, -0.2) is 25.7 Å². The van der Waals surface area contributed by atoms with Crippen molar-refractivity contribution in [2.24, 2.45) is 5.73 Å². The average molecular weight is 260 g/mol. The SMILES string of the molecule is NCCCc1csc(C2CCCS2(=O)=O)n1. The minimum absolute atomic E-state index is 0.315.